The number of ether oxygens (including phenoxy) is 1. The highest BCUT2D eigenvalue weighted by Crippen LogP contribution is 2.20. The van der Waals surface area contributed by atoms with Crippen LogP contribution in [0.2, 0.25) is 0 Å². The summed E-state index contributed by atoms with van der Waals surface area (Å²) < 4.78 is 41.3. The van der Waals surface area contributed by atoms with Crippen molar-refractivity contribution in [2.75, 3.05) is 6.61 Å². The summed E-state index contributed by atoms with van der Waals surface area (Å²) in [5, 5.41) is 7.50. The van der Waals surface area contributed by atoms with E-state index in [1.807, 2.05) is 0 Å². The van der Waals surface area contributed by atoms with Crippen LogP contribution in [0.1, 0.15) is 50.4 Å². The van der Waals surface area contributed by atoms with Crippen molar-refractivity contribution < 1.29 is 32.2 Å². The molecule has 2 N–H and O–H groups in total. The molecule has 200 valence electrons. The molecule has 0 saturated carbocycles. The van der Waals surface area contributed by atoms with Gasteiger partial charge in [0.25, 0.3) is 5.91 Å². The van der Waals surface area contributed by atoms with Crippen LogP contribution in [0.25, 0.3) is 0 Å². The van der Waals surface area contributed by atoms with Gasteiger partial charge in [0.05, 0.1) is 18.0 Å². The van der Waals surface area contributed by atoms with Crippen LogP contribution in [0.5, 0.6) is 0 Å². The molecule has 0 unspecified atom stereocenters. The van der Waals surface area contributed by atoms with E-state index in [0.717, 1.165) is 5.69 Å². The number of pyridine rings is 2. The molecule has 10 nitrogen and oxygen atoms in total. The smallest absolute Gasteiger partial charge is 0.357 e. The van der Waals surface area contributed by atoms with Crippen molar-refractivity contribution in [3.8, 4) is 0 Å². The van der Waals surface area contributed by atoms with E-state index in [-0.39, 0.29) is 27.2 Å². The van der Waals surface area contributed by atoms with Crippen LogP contribution >= 0.6 is 31.9 Å². The SMILES string of the molecule is CCOC(=O)c1nc(Br)c(F)cc1CCc1ccon1.NC(=O)c1nc(Br)c(F)cc1CCc1ccon1. The first-order chi connectivity index (χ1) is 18.2. The molecule has 0 aromatic carbocycles. The Bertz CT molecular complexity index is 1390. The van der Waals surface area contributed by atoms with Gasteiger partial charge in [0.2, 0.25) is 0 Å². The molecule has 0 atom stereocenters. The van der Waals surface area contributed by atoms with Crippen molar-refractivity contribution in [3.63, 3.8) is 0 Å². The fourth-order valence-corrected chi connectivity index (χ4v) is 3.82. The molecule has 0 aliphatic heterocycles. The second-order valence-corrected chi connectivity index (χ2v) is 9.11. The lowest BCUT2D eigenvalue weighted by atomic mass is 10.1. The number of nitrogens with zero attached hydrogens (tertiary/aromatic N) is 4. The van der Waals surface area contributed by atoms with Crippen molar-refractivity contribution in [1.82, 2.24) is 20.3 Å². The standard InChI is InChI=1S/C13H12BrFN2O3.C11H9BrFN3O2/c1-2-19-13(18)11-8(7-10(15)12(14)16-11)3-4-9-5-6-20-17-9;12-10-8(13)5-6(9(15-10)11(14)17)1-2-7-3-4-18-16-7/h5-7H,2-4H2,1H3;3-5H,1-2H2,(H2,14,17). The Hall–Kier alpha value is -3.52. The van der Waals surface area contributed by atoms with Gasteiger partial charge in [-0.3, -0.25) is 4.79 Å². The monoisotopic (exact) mass is 655 g/mol. The molecule has 4 rings (SSSR count). The van der Waals surface area contributed by atoms with Crippen LogP contribution < -0.4 is 5.73 Å². The number of aryl methyl sites for hydroxylation is 4. The van der Waals surface area contributed by atoms with Crippen LogP contribution in [0.4, 0.5) is 8.78 Å². The summed E-state index contributed by atoms with van der Waals surface area (Å²) in [6, 6.07) is 5.94. The summed E-state index contributed by atoms with van der Waals surface area (Å²) in [5.74, 6) is -2.31. The number of carbonyl (C=O) groups is 2. The maximum atomic E-state index is 13.6. The van der Waals surface area contributed by atoms with E-state index in [1.165, 1.54) is 24.7 Å². The number of primary amides is 1. The van der Waals surface area contributed by atoms with E-state index in [1.54, 1.807) is 19.1 Å². The number of esters is 1. The average molecular weight is 657 g/mol. The number of carbonyl (C=O) groups excluding carboxylic acids is 2. The summed E-state index contributed by atoms with van der Waals surface area (Å²) in [6.45, 7) is 1.93. The number of nitrogens with two attached hydrogens (primary N) is 1. The molecule has 0 radical (unpaired) electrons. The minimum atomic E-state index is -0.689. The van der Waals surface area contributed by atoms with Gasteiger partial charge in [0.15, 0.2) is 17.3 Å². The Kier molecular flexibility index (Phi) is 10.6. The Balaban J connectivity index is 0.000000212. The molecule has 4 aromatic rings. The van der Waals surface area contributed by atoms with Gasteiger partial charge in [-0.15, -0.1) is 0 Å². The number of amides is 1. The van der Waals surface area contributed by atoms with E-state index >= 15 is 0 Å². The van der Waals surface area contributed by atoms with Gasteiger partial charge in [0, 0.05) is 12.1 Å². The largest absolute Gasteiger partial charge is 0.461 e. The topological polar surface area (TPSA) is 147 Å². The summed E-state index contributed by atoms with van der Waals surface area (Å²) in [6.07, 6.45) is 4.76. The summed E-state index contributed by atoms with van der Waals surface area (Å²) >= 11 is 5.89. The second kappa shape index (κ2) is 13.9. The minimum Gasteiger partial charge on any atom is -0.461 e. The van der Waals surface area contributed by atoms with Crippen LogP contribution in [-0.4, -0.2) is 38.8 Å². The van der Waals surface area contributed by atoms with E-state index in [2.05, 4.69) is 56.7 Å². The third kappa shape index (κ3) is 7.99. The highest BCUT2D eigenvalue weighted by atomic mass is 79.9. The lowest BCUT2D eigenvalue weighted by Gasteiger charge is -2.08. The van der Waals surface area contributed by atoms with Gasteiger partial charge in [-0.05, 0) is 87.7 Å². The molecule has 0 saturated heterocycles. The zero-order valence-corrected chi connectivity index (χ0v) is 23.1. The third-order valence-corrected chi connectivity index (χ3v) is 6.12. The third-order valence-electron chi connectivity index (χ3n) is 5.01. The summed E-state index contributed by atoms with van der Waals surface area (Å²) in [4.78, 5) is 30.8. The van der Waals surface area contributed by atoms with Gasteiger partial charge in [0.1, 0.15) is 27.4 Å². The lowest BCUT2D eigenvalue weighted by Crippen LogP contribution is -2.17. The maximum absolute atomic E-state index is 13.6. The average Bonchev–Trinajstić information content (AvgIpc) is 3.60. The maximum Gasteiger partial charge on any atom is 0.357 e. The van der Waals surface area contributed by atoms with Crippen molar-refractivity contribution in [1.29, 1.82) is 0 Å². The van der Waals surface area contributed by atoms with Gasteiger partial charge in [-0.25, -0.2) is 23.5 Å². The van der Waals surface area contributed by atoms with Gasteiger partial charge in [-0.1, -0.05) is 10.3 Å². The Morgan fingerprint density at radius 3 is 1.76 bits per heavy atom. The number of halogens is 4. The molecule has 0 aliphatic carbocycles. The van der Waals surface area contributed by atoms with Gasteiger partial charge >= 0.3 is 5.97 Å². The molecule has 0 aliphatic rings. The molecule has 4 aromatic heterocycles. The van der Waals surface area contributed by atoms with Crippen molar-refractivity contribution in [2.45, 2.75) is 32.6 Å². The van der Waals surface area contributed by atoms with Crippen LogP contribution in [0, 0.1) is 11.6 Å². The van der Waals surface area contributed by atoms with Crippen molar-refractivity contribution in [2.24, 2.45) is 5.73 Å². The molecular formula is C24H21Br2F2N5O5. The zero-order chi connectivity index (χ0) is 27.7. The predicted molar refractivity (Wildman–Crippen MR) is 136 cm³/mol. The van der Waals surface area contributed by atoms with E-state index in [4.69, 9.17) is 15.0 Å². The Morgan fingerprint density at radius 2 is 1.34 bits per heavy atom. The van der Waals surface area contributed by atoms with E-state index in [9.17, 15) is 18.4 Å². The van der Waals surface area contributed by atoms with Crippen LogP contribution in [0.15, 0.2) is 55.0 Å². The number of rotatable bonds is 9. The van der Waals surface area contributed by atoms with Crippen LogP contribution in [-0.2, 0) is 30.4 Å². The molecule has 14 heteroatoms. The first kappa shape index (κ1) is 29.0. The molecule has 0 spiro atoms. The fourth-order valence-electron chi connectivity index (χ4n) is 3.24. The normalized spacial score (nSPS) is 10.6. The highest BCUT2D eigenvalue weighted by Gasteiger charge is 2.18. The number of aromatic nitrogens is 4. The zero-order valence-electron chi connectivity index (χ0n) is 19.9. The molecule has 4 heterocycles. The van der Waals surface area contributed by atoms with E-state index < -0.39 is 23.5 Å². The number of hydrogen-bond acceptors (Lipinski definition) is 9. The van der Waals surface area contributed by atoms with Gasteiger partial charge < -0.3 is 19.5 Å². The second-order valence-electron chi connectivity index (χ2n) is 7.60. The molecule has 1 amide bonds. The lowest BCUT2D eigenvalue weighted by molar-refractivity contribution is 0.0517. The first-order valence-corrected chi connectivity index (χ1v) is 12.7. The van der Waals surface area contributed by atoms with Crippen molar-refractivity contribution in [3.05, 3.63) is 91.5 Å². The highest BCUT2D eigenvalue weighted by molar-refractivity contribution is 9.10. The first-order valence-electron chi connectivity index (χ1n) is 11.1. The predicted octanol–water partition coefficient (Wildman–Crippen LogP) is 4.79. The van der Waals surface area contributed by atoms with Crippen molar-refractivity contribution >= 4 is 43.7 Å². The molecule has 0 bridgehead atoms. The van der Waals surface area contributed by atoms with E-state index in [0.29, 0.717) is 42.5 Å². The minimum absolute atomic E-state index is 0.00857. The quantitative estimate of drug-likeness (QED) is 0.198. The number of hydrogen-bond donors (Lipinski definition) is 1. The van der Waals surface area contributed by atoms with Crippen LogP contribution in [0.3, 0.4) is 0 Å². The molecule has 38 heavy (non-hydrogen) atoms. The molecule has 0 fully saturated rings. The fraction of sp³-hybridized carbons (Fsp3) is 0.250. The summed E-state index contributed by atoms with van der Waals surface area (Å²) in [7, 11) is 0. The molecular weight excluding hydrogens is 636 g/mol. The Morgan fingerprint density at radius 1 is 0.868 bits per heavy atom. The Labute approximate surface area is 232 Å². The summed E-state index contributed by atoms with van der Waals surface area (Å²) in [5.41, 5.74) is 7.75. The van der Waals surface area contributed by atoms with Gasteiger partial charge in [-0.2, -0.15) is 0 Å².